The van der Waals surface area contributed by atoms with Crippen molar-refractivity contribution in [2.24, 2.45) is 0 Å². The van der Waals surface area contributed by atoms with E-state index in [0.29, 0.717) is 11.3 Å². The van der Waals surface area contributed by atoms with Gasteiger partial charge in [-0.2, -0.15) is 0 Å². The van der Waals surface area contributed by atoms with Gasteiger partial charge in [-0.1, -0.05) is 24.3 Å². The van der Waals surface area contributed by atoms with Gasteiger partial charge >= 0.3 is 52.8 Å². The number of hydrogen-bond acceptors (Lipinski definition) is 17. The summed E-state index contributed by atoms with van der Waals surface area (Å²) in [6, 6.07) is 3.97. The summed E-state index contributed by atoms with van der Waals surface area (Å²) < 4.78 is 8.44. The molecule has 0 bridgehead atoms. The Labute approximate surface area is 207 Å². The predicted molar refractivity (Wildman–Crippen MR) is 127 cm³/mol. The average Bonchev–Trinajstić information content (AvgIpc) is 3.16. The normalized spacial score (nSPS) is 14.5. The Morgan fingerprint density at radius 1 is 0.514 bits per heavy atom. The molecule has 0 atom stereocenters. The zero-order chi connectivity index (χ0) is 27.1. The first-order valence-corrected chi connectivity index (χ1v) is 21.4. The van der Waals surface area contributed by atoms with Gasteiger partial charge in [0.1, 0.15) is 0 Å². The Hall–Kier alpha value is -0.419. The van der Waals surface area contributed by atoms with Crippen LogP contribution in [0.15, 0.2) is 36.4 Å². The van der Waals surface area contributed by atoms with E-state index in [-0.39, 0.29) is 10.4 Å². The van der Waals surface area contributed by atoms with Gasteiger partial charge in [0.15, 0.2) is 0 Å². The zero-order valence-corrected chi connectivity index (χ0v) is 24.2. The minimum Gasteiger partial charge on any atom is -0.390 e. The van der Waals surface area contributed by atoms with Gasteiger partial charge in [0.25, 0.3) is 0 Å². The molecule has 198 valence electrons. The highest BCUT2D eigenvalue weighted by Crippen LogP contribution is 2.17. The molecule has 2 rings (SSSR count). The lowest BCUT2D eigenvalue weighted by Crippen LogP contribution is -2.64. The van der Waals surface area contributed by atoms with Gasteiger partial charge in [0, 0.05) is 22.5 Å². The summed E-state index contributed by atoms with van der Waals surface area (Å²) in [6.45, 7) is 0. The van der Waals surface area contributed by atoms with Crippen LogP contribution < -0.4 is 19.4 Å². The van der Waals surface area contributed by atoms with Gasteiger partial charge in [-0.25, -0.2) is 0 Å². The molecule has 0 spiro atoms. The molecule has 16 nitrogen and oxygen atoms in total. The fraction of sp³-hybridized carbons (Fsp3) is 0.167. The molecule has 0 saturated carbocycles. The smallest absolute Gasteiger partial charge is 0.390 e. The highest BCUT2D eigenvalue weighted by atomic mass is 32.1. The van der Waals surface area contributed by atoms with Crippen molar-refractivity contribution in [3.05, 3.63) is 36.4 Å². The third kappa shape index (κ3) is 8.83. The van der Waals surface area contributed by atoms with E-state index < -0.39 is 73.9 Å². The molecular weight excluding hydrogens is 601 g/mol. The molecular formula is C12H24O16SSi6. The number of benzene rings is 1. The first-order valence-electron chi connectivity index (χ1n) is 9.29. The summed E-state index contributed by atoms with van der Waals surface area (Å²) in [4.78, 5) is 136. The van der Waals surface area contributed by atoms with E-state index in [0.717, 1.165) is 36.4 Å². The third-order valence-corrected chi connectivity index (χ3v) is 18.0. The predicted octanol–water partition coefficient (Wildman–Crippen LogP) is -9.16. The Morgan fingerprint density at radius 2 is 0.943 bits per heavy atom. The fourth-order valence-electron chi connectivity index (χ4n) is 2.57. The van der Waals surface area contributed by atoms with Gasteiger partial charge in [0.2, 0.25) is 0 Å². The molecule has 0 unspecified atom stereocenters. The topological polar surface area (TPSA) is 302 Å². The van der Waals surface area contributed by atoms with Gasteiger partial charge in [-0.05, 0) is 12.1 Å². The largest absolute Gasteiger partial charge is 0.535 e. The van der Waals surface area contributed by atoms with E-state index in [1.807, 2.05) is 0 Å². The van der Waals surface area contributed by atoms with Crippen molar-refractivity contribution in [3.63, 3.8) is 0 Å². The second kappa shape index (κ2) is 10.4. The summed E-state index contributed by atoms with van der Waals surface area (Å²) in [5.41, 5.74) is 0. The number of rotatable bonds is 11. The van der Waals surface area contributed by atoms with Crippen molar-refractivity contribution in [1.82, 2.24) is 0 Å². The molecule has 0 fully saturated rings. The van der Waals surface area contributed by atoms with Crippen molar-refractivity contribution in [2.75, 3.05) is 0 Å². The summed E-state index contributed by atoms with van der Waals surface area (Å²) in [5.74, 6) is 0. The number of hydrogen-bond donors (Lipinski definition) is 14. The molecule has 1 aromatic heterocycles. The Morgan fingerprint density at radius 3 is 1.37 bits per heavy atom. The van der Waals surface area contributed by atoms with Crippen molar-refractivity contribution < 1.29 is 75.4 Å². The Kier molecular flexibility index (Phi) is 9.14. The van der Waals surface area contributed by atoms with Crippen LogP contribution in [-0.4, -0.2) is 120 Å². The molecule has 0 saturated heterocycles. The van der Waals surface area contributed by atoms with E-state index >= 15 is 0 Å². The molecule has 2 aromatic rings. The third-order valence-electron chi connectivity index (χ3n) is 4.27. The van der Waals surface area contributed by atoms with Crippen LogP contribution in [0.5, 0.6) is 0 Å². The van der Waals surface area contributed by atoms with Crippen LogP contribution >= 0.6 is 11.3 Å². The summed E-state index contributed by atoms with van der Waals surface area (Å²) in [7, 11) is -29.5. The molecule has 0 radical (unpaired) electrons. The maximum Gasteiger partial charge on any atom is 0.535 e. The summed E-state index contributed by atoms with van der Waals surface area (Å²) in [5, 5.41) is -0.657. The molecule has 0 aliphatic carbocycles. The lowest BCUT2D eigenvalue weighted by atomic mass is 10.4. The first-order chi connectivity index (χ1) is 15.5. The average molecular weight is 625 g/mol. The highest BCUT2D eigenvalue weighted by Gasteiger charge is 2.53. The molecule has 0 amide bonds. The molecule has 1 heterocycles. The Bertz CT molecular complexity index is 1000. The second-order valence-corrected chi connectivity index (χ2v) is 22.1. The van der Waals surface area contributed by atoms with Gasteiger partial charge < -0.3 is 75.4 Å². The van der Waals surface area contributed by atoms with Crippen molar-refractivity contribution in [2.45, 2.75) is 12.1 Å². The Balaban J connectivity index is 2.19. The molecule has 0 aliphatic heterocycles. The van der Waals surface area contributed by atoms with Crippen LogP contribution in [-0.2, 0) is 8.23 Å². The maximum atomic E-state index is 10.4. The summed E-state index contributed by atoms with van der Waals surface area (Å²) >= 11 is 0.293. The minimum absolute atomic E-state index is 0.293. The molecule has 0 aliphatic rings. The SMILES string of the molecule is O[Si](O)(O)CC[Si](O)(O)O[Si](O)(O)c1ccc([Si](O)(O)O[Si](O)(O)c2ccc([Si](O)(O)O)cc2)s1. The van der Waals surface area contributed by atoms with Crippen LogP contribution in [0.25, 0.3) is 0 Å². The van der Waals surface area contributed by atoms with Crippen LogP contribution in [0, 0.1) is 0 Å². The van der Waals surface area contributed by atoms with E-state index in [4.69, 9.17) is 18.5 Å². The second-order valence-electron chi connectivity index (χ2n) is 7.42. The van der Waals surface area contributed by atoms with Gasteiger partial charge in [-0.15, -0.1) is 11.3 Å². The molecule has 35 heavy (non-hydrogen) atoms. The van der Waals surface area contributed by atoms with Crippen LogP contribution in [0.1, 0.15) is 0 Å². The fourth-order valence-corrected chi connectivity index (χ4v) is 15.4. The molecule has 23 heteroatoms. The van der Waals surface area contributed by atoms with E-state index in [2.05, 4.69) is 4.12 Å². The lowest BCUT2D eigenvalue weighted by Gasteiger charge is -2.26. The molecule has 1 aromatic carbocycles. The summed E-state index contributed by atoms with van der Waals surface area (Å²) in [6.07, 6.45) is 0. The highest BCUT2D eigenvalue weighted by molar-refractivity contribution is 7.32. The maximum absolute atomic E-state index is 10.4. The van der Waals surface area contributed by atoms with Crippen LogP contribution in [0.3, 0.4) is 0 Å². The zero-order valence-electron chi connectivity index (χ0n) is 17.4. The minimum atomic E-state index is -5.13. The number of thiophene rings is 1. The van der Waals surface area contributed by atoms with Crippen LogP contribution in [0.2, 0.25) is 12.1 Å². The van der Waals surface area contributed by atoms with E-state index in [9.17, 15) is 52.8 Å². The quantitative estimate of drug-likeness (QED) is 0.103. The lowest BCUT2D eigenvalue weighted by molar-refractivity contribution is 0.163. The van der Waals surface area contributed by atoms with Crippen molar-refractivity contribution >= 4 is 83.5 Å². The van der Waals surface area contributed by atoms with E-state index in [1.54, 1.807) is 0 Å². The first kappa shape index (κ1) is 30.8. The van der Waals surface area contributed by atoms with Gasteiger partial charge in [-0.3, -0.25) is 0 Å². The van der Waals surface area contributed by atoms with E-state index in [1.165, 1.54) is 0 Å². The standard InChI is InChI=1S/C12H24O16SSi6/c13-30(14,15)7-8-31(16,17)27-34(23,24)11-5-6-12(29-11)35(25,26)28-33(21,22)10-3-1-9(2-4-10)32(18,19)20/h1-6,13-26H,7-8H2. The molecule has 14 N–H and O–H groups in total. The van der Waals surface area contributed by atoms with Crippen LogP contribution in [0.4, 0.5) is 0 Å². The monoisotopic (exact) mass is 624 g/mol. The van der Waals surface area contributed by atoms with Gasteiger partial charge in [0.05, 0.1) is 9.00 Å². The van der Waals surface area contributed by atoms with Crippen molar-refractivity contribution in [3.8, 4) is 0 Å². The van der Waals surface area contributed by atoms with Crippen molar-refractivity contribution in [1.29, 1.82) is 0 Å².